The highest BCUT2D eigenvalue weighted by atomic mass is 32.1. The van der Waals surface area contributed by atoms with Crippen LogP contribution in [0.4, 0.5) is 5.13 Å². The van der Waals surface area contributed by atoms with Crippen LogP contribution in [0.15, 0.2) is 52.7 Å². The van der Waals surface area contributed by atoms with Crippen LogP contribution >= 0.6 is 11.3 Å². The first kappa shape index (κ1) is 18.3. The van der Waals surface area contributed by atoms with Gasteiger partial charge in [0, 0.05) is 5.56 Å². The van der Waals surface area contributed by atoms with Crippen molar-refractivity contribution >= 4 is 44.3 Å². The van der Waals surface area contributed by atoms with Gasteiger partial charge in [-0.15, -0.1) is 5.10 Å². The number of nitrogens with one attached hydrogen (secondary N) is 1. The molecular formula is C18H18N6O2S. The standard InChI is InChI=1S/C18H18N6O2S/c1-10(23-24-17(19)20)11-6-8-12(9-7-11)16(25)22-18-21-15-13(26-2)4-3-5-14(15)27-18/h3-9H,1-2H3,(H4,19,20,24)(H,21,22,25)/b23-10-. The zero-order chi connectivity index (χ0) is 19.4. The fourth-order valence-electron chi connectivity index (χ4n) is 2.36. The van der Waals surface area contributed by atoms with E-state index in [1.165, 1.54) is 11.3 Å². The third kappa shape index (κ3) is 4.21. The lowest BCUT2D eigenvalue weighted by Crippen LogP contribution is -2.22. The molecule has 2 aromatic carbocycles. The molecular weight excluding hydrogens is 364 g/mol. The summed E-state index contributed by atoms with van der Waals surface area (Å²) in [7, 11) is 1.59. The molecule has 0 aliphatic heterocycles. The molecule has 0 saturated heterocycles. The first-order chi connectivity index (χ1) is 13.0. The fraction of sp³-hybridized carbons (Fsp3) is 0.111. The number of nitrogens with zero attached hydrogens (tertiary/aromatic N) is 3. The molecule has 5 N–H and O–H groups in total. The molecule has 0 saturated carbocycles. The summed E-state index contributed by atoms with van der Waals surface area (Å²) < 4.78 is 6.23. The number of nitrogens with two attached hydrogens (primary N) is 2. The van der Waals surface area contributed by atoms with E-state index in [2.05, 4.69) is 20.5 Å². The second kappa shape index (κ2) is 7.83. The minimum absolute atomic E-state index is 0.113. The molecule has 0 aliphatic rings. The molecule has 0 unspecified atom stereocenters. The van der Waals surface area contributed by atoms with Gasteiger partial charge in [-0.3, -0.25) is 10.1 Å². The Morgan fingerprint density at radius 2 is 1.81 bits per heavy atom. The first-order valence-corrected chi connectivity index (χ1v) is 8.78. The van der Waals surface area contributed by atoms with Crippen LogP contribution in [0.3, 0.4) is 0 Å². The quantitative estimate of drug-likeness (QED) is 0.355. The average Bonchev–Trinajstić information content (AvgIpc) is 3.08. The van der Waals surface area contributed by atoms with Gasteiger partial charge in [0.2, 0.25) is 5.96 Å². The molecule has 138 valence electrons. The Kier molecular flexibility index (Phi) is 5.32. The molecule has 1 amide bonds. The number of fused-ring (bicyclic) bond motifs is 1. The Bertz CT molecular complexity index is 1040. The van der Waals surface area contributed by atoms with Gasteiger partial charge in [-0.1, -0.05) is 29.5 Å². The number of thiazole rings is 1. The molecule has 1 heterocycles. The van der Waals surface area contributed by atoms with Gasteiger partial charge in [0.15, 0.2) is 5.13 Å². The van der Waals surface area contributed by atoms with Gasteiger partial charge in [-0.05, 0) is 36.8 Å². The number of benzene rings is 2. The predicted molar refractivity (Wildman–Crippen MR) is 109 cm³/mol. The maximum Gasteiger partial charge on any atom is 0.257 e. The smallest absolute Gasteiger partial charge is 0.257 e. The summed E-state index contributed by atoms with van der Waals surface area (Å²) in [5, 5.41) is 10.8. The number of hydrogen-bond donors (Lipinski definition) is 3. The third-order valence-corrected chi connectivity index (χ3v) is 4.64. The van der Waals surface area contributed by atoms with Gasteiger partial charge in [0.25, 0.3) is 5.91 Å². The van der Waals surface area contributed by atoms with Gasteiger partial charge >= 0.3 is 0 Å². The lowest BCUT2D eigenvalue weighted by atomic mass is 10.1. The maximum atomic E-state index is 12.5. The molecule has 8 nitrogen and oxygen atoms in total. The minimum Gasteiger partial charge on any atom is -0.494 e. The van der Waals surface area contributed by atoms with Crippen molar-refractivity contribution in [3.8, 4) is 5.75 Å². The predicted octanol–water partition coefficient (Wildman–Crippen LogP) is 2.55. The second-order valence-corrected chi connectivity index (χ2v) is 6.60. The van der Waals surface area contributed by atoms with Gasteiger partial charge in [-0.2, -0.15) is 5.10 Å². The Hall–Kier alpha value is -3.46. The van der Waals surface area contributed by atoms with Crippen LogP contribution in [0.2, 0.25) is 0 Å². The molecule has 9 heteroatoms. The monoisotopic (exact) mass is 382 g/mol. The number of para-hydroxylation sites is 1. The van der Waals surface area contributed by atoms with E-state index in [9.17, 15) is 4.79 Å². The van der Waals surface area contributed by atoms with E-state index >= 15 is 0 Å². The molecule has 0 atom stereocenters. The normalized spacial score (nSPS) is 11.3. The average molecular weight is 382 g/mol. The Labute approximate surface area is 159 Å². The zero-order valence-electron chi connectivity index (χ0n) is 14.8. The van der Waals surface area contributed by atoms with Gasteiger partial charge in [0.05, 0.1) is 17.5 Å². The Morgan fingerprint density at radius 3 is 2.48 bits per heavy atom. The number of carbonyl (C=O) groups is 1. The molecule has 3 aromatic rings. The summed E-state index contributed by atoms with van der Waals surface area (Å²) in [4.78, 5) is 16.9. The SMILES string of the molecule is COc1cccc2sc(NC(=O)c3ccc(/C(C)=N\N=C(N)N)cc3)nc12. The number of carbonyl (C=O) groups excluding carboxylic acids is 1. The highest BCUT2D eigenvalue weighted by molar-refractivity contribution is 7.22. The molecule has 0 spiro atoms. The molecule has 0 fully saturated rings. The van der Waals surface area contributed by atoms with Crippen molar-refractivity contribution in [3.05, 3.63) is 53.6 Å². The van der Waals surface area contributed by atoms with E-state index in [1.54, 1.807) is 38.3 Å². The van der Waals surface area contributed by atoms with E-state index < -0.39 is 0 Å². The molecule has 27 heavy (non-hydrogen) atoms. The van der Waals surface area contributed by atoms with Crippen LogP contribution in [0, 0.1) is 0 Å². The molecule has 1 aromatic heterocycles. The summed E-state index contributed by atoms with van der Waals surface area (Å²) in [5.41, 5.74) is 13.2. The number of amides is 1. The van der Waals surface area contributed by atoms with Crippen LogP contribution in [-0.2, 0) is 0 Å². The zero-order valence-corrected chi connectivity index (χ0v) is 15.6. The van der Waals surface area contributed by atoms with Crippen LogP contribution < -0.4 is 21.5 Å². The second-order valence-electron chi connectivity index (χ2n) is 5.57. The van der Waals surface area contributed by atoms with Crippen molar-refractivity contribution in [2.24, 2.45) is 21.7 Å². The molecule has 0 radical (unpaired) electrons. The number of guanidine groups is 1. The van der Waals surface area contributed by atoms with E-state index in [0.29, 0.717) is 22.2 Å². The molecule has 3 rings (SSSR count). The van der Waals surface area contributed by atoms with Gasteiger partial charge in [-0.25, -0.2) is 4.98 Å². The van der Waals surface area contributed by atoms with Crippen molar-refractivity contribution < 1.29 is 9.53 Å². The third-order valence-electron chi connectivity index (χ3n) is 3.70. The lowest BCUT2D eigenvalue weighted by molar-refractivity contribution is 0.102. The van der Waals surface area contributed by atoms with Crippen molar-refractivity contribution in [3.63, 3.8) is 0 Å². The van der Waals surface area contributed by atoms with Crippen LogP contribution in [0.5, 0.6) is 5.75 Å². The lowest BCUT2D eigenvalue weighted by Gasteiger charge is -2.03. The number of anilines is 1. The largest absolute Gasteiger partial charge is 0.494 e. The summed E-state index contributed by atoms with van der Waals surface area (Å²) in [6.45, 7) is 1.77. The number of methoxy groups -OCH3 is 1. The molecule has 0 aliphatic carbocycles. The van der Waals surface area contributed by atoms with Gasteiger partial charge < -0.3 is 16.2 Å². The van der Waals surface area contributed by atoms with E-state index in [1.807, 2.05) is 18.2 Å². The van der Waals surface area contributed by atoms with Crippen LogP contribution in [-0.4, -0.2) is 29.7 Å². The van der Waals surface area contributed by atoms with Crippen LogP contribution in [0.1, 0.15) is 22.8 Å². The topological polar surface area (TPSA) is 128 Å². The summed E-state index contributed by atoms with van der Waals surface area (Å²) >= 11 is 1.39. The van der Waals surface area contributed by atoms with E-state index in [4.69, 9.17) is 16.2 Å². The fourth-order valence-corrected chi connectivity index (χ4v) is 3.24. The number of rotatable bonds is 5. The van der Waals surface area contributed by atoms with Crippen LogP contribution in [0.25, 0.3) is 10.2 Å². The Morgan fingerprint density at radius 1 is 1.11 bits per heavy atom. The van der Waals surface area contributed by atoms with Gasteiger partial charge in [0.1, 0.15) is 11.3 Å². The summed E-state index contributed by atoms with van der Waals surface area (Å²) in [6, 6.07) is 12.6. The highest BCUT2D eigenvalue weighted by Gasteiger charge is 2.12. The van der Waals surface area contributed by atoms with Crippen molar-refractivity contribution in [1.82, 2.24) is 4.98 Å². The van der Waals surface area contributed by atoms with E-state index in [-0.39, 0.29) is 11.9 Å². The van der Waals surface area contributed by atoms with Crippen molar-refractivity contribution in [2.45, 2.75) is 6.92 Å². The maximum absolute atomic E-state index is 12.5. The van der Waals surface area contributed by atoms with Crippen molar-refractivity contribution in [1.29, 1.82) is 0 Å². The number of hydrogen-bond acceptors (Lipinski definition) is 6. The minimum atomic E-state index is -0.251. The summed E-state index contributed by atoms with van der Waals surface area (Å²) in [6.07, 6.45) is 0. The molecule has 0 bridgehead atoms. The highest BCUT2D eigenvalue weighted by Crippen LogP contribution is 2.32. The van der Waals surface area contributed by atoms with Crippen molar-refractivity contribution in [2.75, 3.05) is 12.4 Å². The van der Waals surface area contributed by atoms with E-state index in [0.717, 1.165) is 15.8 Å². The number of ether oxygens (including phenoxy) is 1. The Balaban J connectivity index is 1.77. The number of aromatic nitrogens is 1. The summed E-state index contributed by atoms with van der Waals surface area (Å²) in [5.74, 6) is 0.306. The first-order valence-electron chi connectivity index (χ1n) is 7.96.